The number of benzene rings is 1. The summed E-state index contributed by atoms with van der Waals surface area (Å²) in [5.74, 6) is -0.505. The molecule has 0 spiro atoms. The van der Waals surface area contributed by atoms with E-state index in [1.807, 2.05) is 0 Å². The van der Waals surface area contributed by atoms with Gasteiger partial charge in [0.15, 0.2) is 0 Å². The van der Waals surface area contributed by atoms with Gasteiger partial charge in [-0.15, -0.1) is 0 Å². The summed E-state index contributed by atoms with van der Waals surface area (Å²) in [5.41, 5.74) is 5.60. The lowest BCUT2D eigenvalue weighted by Gasteiger charge is -2.17. The van der Waals surface area contributed by atoms with Gasteiger partial charge in [0, 0.05) is 14.1 Å². The number of nitrogens with two attached hydrogens (primary N) is 1. The highest BCUT2D eigenvalue weighted by Gasteiger charge is 2.10. The van der Waals surface area contributed by atoms with Gasteiger partial charge >= 0.3 is 6.03 Å². The van der Waals surface area contributed by atoms with Crippen molar-refractivity contribution in [3.63, 3.8) is 0 Å². The third-order valence-electron chi connectivity index (χ3n) is 1.72. The number of amides is 2. The molecular formula is C9H12FN3O. The molecule has 1 rings (SSSR count). The topological polar surface area (TPSA) is 58.4 Å². The summed E-state index contributed by atoms with van der Waals surface area (Å²) >= 11 is 0. The molecule has 3 N–H and O–H groups in total. The van der Waals surface area contributed by atoms with Crippen molar-refractivity contribution < 1.29 is 9.18 Å². The molecule has 0 fully saturated rings. The Kier molecular flexibility index (Phi) is 2.91. The van der Waals surface area contributed by atoms with Crippen LogP contribution in [0, 0.1) is 5.82 Å². The minimum absolute atomic E-state index is 0.102. The lowest BCUT2D eigenvalue weighted by molar-refractivity contribution is 0.259. The molecule has 2 amide bonds. The summed E-state index contributed by atoms with van der Waals surface area (Å²) in [4.78, 5) is 12.3. The maximum atomic E-state index is 13.3. The Morgan fingerprint density at radius 2 is 2.14 bits per heavy atom. The SMILES string of the molecule is CN(C)c1cccc(F)c1NC(N)=O. The first-order chi connectivity index (χ1) is 6.52. The van der Waals surface area contributed by atoms with E-state index >= 15 is 0 Å². The number of nitrogens with one attached hydrogen (secondary N) is 1. The maximum Gasteiger partial charge on any atom is 0.316 e. The Morgan fingerprint density at radius 1 is 1.50 bits per heavy atom. The summed E-state index contributed by atoms with van der Waals surface area (Å²) in [7, 11) is 3.50. The van der Waals surface area contributed by atoms with E-state index in [4.69, 9.17) is 5.73 Å². The molecule has 1 aromatic rings. The van der Waals surface area contributed by atoms with Crippen molar-refractivity contribution in [3.8, 4) is 0 Å². The molecule has 0 bridgehead atoms. The summed E-state index contributed by atoms with van der Waals surface area (Å²) in [6.45, 7) is 0. The number of hydrogen-bond acceptors (Lipinski definition) is 2. The highest BCUT2D eigenvalue weighted by atomic mass is 19.1. The first kappa shape index (κ1) is 10.3. The number of urea groups is 1. The number of hydrogen-bond donors (Lipinski definition) is 2. The number of para-hydroxylation sites is 1. The summed E-state index contributed by atoms with van der Waals surface area (Å²) in [6.07, 6.45) is 0. The van der Waals surface area contributed by atoms with Crippen LogP contribution >= 0.6 is 0 Å². The van der Waals surface area contributed by atoms with Crippen LogP contribution in [-0.2, 0) is 0 Å². The number of carbonyl (C=O) groups is 1. The molecule has 76 valence electrons. The third kappa shape index (κ3) is 2.12. The van der Waals surface area contributed by atoms with Crippen molar-refractivity contribution in [1.29, 1.82) is 0 Å². The highest BCUT2D eigenvalue weighted by molar-refractivity contribution is 5.92. The predicted octanol–water partition coefficient (Wildman–Crippen LogP) is 1.38. The van der Waals surface area contributed by atoms with Crippen LogP contribution in [0.3, 0.4) is 0 Å². The molecule has 0 aliphatic rings. The fraction of sp³-hybridized carbons (Fsp3) is 0.222. The van der Waals surface area contributed by atoms with E-state index in [-0.39, 0.29) is 5.69 Å². The van der Waals surface area contributed by atoms with Gasteiger partial charge < -0.3 is 16.0 Å². The summed E-state index contributed by atoms with van der Waals surface area (Å²) in [6, 6.07) is 3.74. The van der Waals surface area contributed by atoms with Crippen LogP contribution in [0.1, 0.15) is 0 Å². The fourth-order valence-corrected chi connectivity index (χ4v) is 1.13. The Labute approximate surface area is 81.5 Å². The van der Waals surface area contributed by atoms with Crippen LogP contribution in [-0.4, -0.2) is 20.1 Å². The number of anilines is 2. The average Bonchev–Trinajstić information content (AvgIpc) is 2.07. The molecule has 0 unspecified atom stereocenters. The van der Waals surface area contributed by atoms with Crippen molar-refractivity contribution in [2.24, 2.45) is 5.73 Å². The largest absolute Gasteiger partial charge is 0.376 e. The number of carbonyl (C=O) groups excluding carboxylic acids is 1. The second kappa shape index (κ2) is 3.95. The van der Waals surface area contributed by atoms with E-state index in [1.54, 1.807) is 31.1 Å². The molecule has 5 heteroatoms. The molecule has 0 saturated heterocycles. The lowest BCUT2D eigenvalue weighted by atomic mass is 10.2. The second-order valence-corrected chi connectivity index (χ2v) is 3.02. The van der Waals surface area contributed by atoms with E-state index in [2.05, 4.69) is 5.32 Å². The number of primary amides is 1. The van der Waals surface area contributed by atoms with Crippen LogP contribution in [0.2, 0.25) is 0 Å². The molecule has 0 saturated carbocycles. The Balaban J connectivity index is 3.15. The molecule has 0 atom stereocenters. The average molecular weight is 197 g/mol. The first-order valence-corrected chi connectivity index (χ1v) is 4.04. The quantitative estimate of drug-likeness (QED) is 0.752. The highest BCUT2D eigenvalue weighted by Crippen LogP contribution is 2.26. The van der Waals surface area contributed by atoms with Gasteiger partial charge in [0.1, 0.15) is 11.5 Å². The van der Waals surface area contributed by atoms with Gasteiger partial charge in [0.25, 0.3) is 0 Å². The van der Waals surface area contributed by atoms with Gasteiger partial charge in [-0.25, -0.2) is 9.18 Å². The van der Waals surface area contributed by atoms with E-state index in [0.717, 1.165) is 0 Å². The molecule has 0 radical (unpaired) electrons. The molecule has 0 aliphatic carbocycles. The first-order valence-electron chi connectivity index (χ1n) is 4.04. The maximum absolute atomic E-state index is 13.3. The lowest BCUT2D eigenvalue weighted by Crippen LogP contribution is -2.22. The van der Waals surface area contributed by atoms with Crippen LogP contribution in [0.15, 0.2) is 18.2 Å². The third-order valence-corrected chi connectivity index (χ3v) is 1.72. The van der Waals surface area contributed by atoms with Gasteiger partial charge in [-0.1, -0.05) is 6.07 Å². The Morgan fingerprint density at radius 3 is 2.64 bits per heavy atom. The van der Waals surface area contributed by atoms with E-state index < -0.39 is 11.8 Å². The minimum Gasteiger partial charge on any atom is -0.376 e. The van der Waals surface area contributed by atoms with Gasteiger partial charge in [-0.3, -0.25) is 0 Å². The van der Waals surface area contributed by atoms with Gasteiger partial charge in [-0.2, -0.15) is 0 Å². The molecule has 4 nitrogen and oxygen atoms in total. The Hall–Kier alpha value is -1.78. The molecular weight excluding hydrogens is 185 g/mol. The summed E-state index contributed by atoms with van der Waals surface area (Å²) < 4.78 is 13.3. The molecule has 1 aromatic carbocycles. The van der Waals surface area contributed by atoms with Gasteiger partial charge in [0.2, 0.25) is 0 Å². The minimum atomic E-state index is -0.779. The van der Waals surface area contributed by atoms with E-state index in [9.17, 15) is 9.18 Å². The van der Waals surface area contributed by atoms with E-state index in [1.165, 1.54) is 6.07 Å². The van der Waals surface area contributed by atoms with Crippen LogP contribution in [0.4, 0.5) is 20.6 Å². The smallest absolute Gasteiger partial charge is 0.316 e. The molecule has 14 heavy (non-hydrogen) atoms. The second-order valence-electron chi connectivity index (χ2n) is 3.02. The number of nitrogens with zero attached hydrogens (tertiary/aromatic N) is 1. The van der Waals surface area contributed by atoms with Crippen molar-refractivity contribution >= 4 is 17.4 Å². The monoisotopic (exact) mass is 197 g/mol. The van der Waals surface area contributed by atoms with Crippen LogP contribution in [0.5, 0.6) is 0 Å². The number of rotatable bonds is 2. The van der Waals surface area contributed by atoms with Crippen molar-refractivity contribution in [2.75, 3.05) is 24.3 Å². The molecule has 0 aromatic heterocycles. The summed E-state index contributed by atoms with van der Waals surface area (Å²) in [5, 5.41) is 2.25. The molecule has 0 heterocycles. The fourth-order valence-electron chi connectivity index (χ4n) is 1.13. The van der Waals surface area contributed by atoms with Gasteiger partial charge in [-0.05, 0) is 12.1 Å². The molecule has 0 aliphatic heterocycles. The zero-order valence-electron chi connectivity index (χ0n) is 8.04. The normalized spacial score (nSPS) is 9.64. The zero-order chi connectivity index (χ0) is 10.7. The van der Waals surface area contributed by atoms with E-state index in [0.29, 0.717) is 5.69 Å². The van der Waals surface area contributed by atoms with Crippen LogP contribution < -0.4 is 16.0 Å². The predicted molar refractivity (Wildman–Crippen MR) is 53.9 cm³/mol. The van der Waals surface area contributed by atoms with Crippen LogP contribution in [0.25, 0.3) is 0 Å². The van der Waals surface area contributed by atoms with Crippen molar-refractivity contribution in [3.05, 3.63) is 24.0 Å². The van der Waals surface area contributed by atoms with Crippen molar-refractivity contribution in [1.82, 2.24) is 0 Å². The standard InChI is InChI=1S/C9H12FN3O/c1-13(2)7-5-3-4-6(10)8(7)12-9(11)14/h3-5H,1-2H3,(H3,11,12,14). The Bertz CT molecular complexity index is 352. The zero-order valence-corrected chi connectivity index (χ0v) is 8.04. The van der Waals surface area contributed by atoms with Crippen molar-refractivity contribution in [2.45, 2.75) is 0 Å². The van der Waals surface area contributed by atoms with Gasteiger partial charge in [0.05, 0.1) is 5.69 Å². The number of halogens is 1.